The first-order chi connectivity index (χ1) is 8.50. The zero-order chi connectivity index (χ0) is 13.3. The molecule has 0 spiro atoms. The fourth-order valence-electron chi connectivity index (χ4n) is 1.77. The van der Waals surface area contributed by atoms with E-state index >= 15 is 0 Å². The largest absolute Gasteiger partial charge is 0.320 e. The number of carbonyl (C=O) groups is 1. The molecule has 0 aliphatic rings. The predicted octanol–water partition coefficient (Wildman–Crippen LogP) is 2.90. The molecule has 18 heavy (non-hydrogen) atoms. The molecule has 0 saturated heterocycles. The quantitative estimate of drug-likeness (QED) is 0.852. The number of carbonyl (C=O) groups excluding carboxylic acids is 1. The topological polar surface area (TPSA) is 57.8 Å². The molecule has 0 fully saturated rings. The van der Waals surface area contributed by atoms with Crippen LogP contribution in [0.2, 0.25) is 0 Å². The van der Waals surface area contributed by atoms with Crippen molar-refractivity contribution in [3.63, 3.8) is 0 Å². The van der Waals surface area contributed by atoms with Crippen molar-refractivity contribution in [2.45, 2.75) is 27.7 Å². The van der Waals surface area contributed by atoms with Gasteiger partial charge in [0, 0.05) is 16.9 Å². The molecule has 1 aromatic heterocycles. The highest BCUT2D eigenvalue weighted by molar-refractivity contribution is 6.04. The van der Waals surface area contributed by atoms with Crippen LogP contribution < -0.4 is 5.32 Å². The van der Waals surface area contributed by atoms with Crippen LogP contribution >= 0.6 is 0 Å². The van der Waals surface area contributed by atoms with Crippen LogP contribution in [-0.4, -0.2) is 16.1 Å². The Morgan fingerprint density at radius 2 is 1.89 bits per heavy atom. The van der Waals surface area contributed by atoms with Crippen LogP contribution in [0, 0.1) is 27.7 Å². The van der Waals surface area contributed by atoms with Gasteiger partial charge in [-0.1, -0.05) is 12.1 Å². The lowest BCUT2D eigenvalue weighted by atomic mass is 10.1. The Bertz CT molecular complexity index is 599. The maximum atomic E-state index is 12.1. The lowest BCUT2D eigenvalue weighted by Gasteiger charge is -2.09. The van der Waals surface area contributed by atoms with Gasteiger partial charge in [0.15, 0.2) is 5.69 Å². The molecule has 1 aromatic carbocycles. The highest BCUT2D eigenvalue weighted by atomic mass is 16.1. The van der Waals surface area contributed by atoms with Gasteiger partial charge in [0.1, 0.15) is 0 Å². The van der Waals surface area contributed by atoms with E-state index in [0.29, 0.717) is 5.69 Å². The molecule has 94 valence electrons. The molecule has 4 nitrogen and oxygen atoms in total. The first-order valence-corrected chi connectivity index (χ1v) is 5.90. The third kappa shape index (κ3) is 2.14. The van der Waals surface area contributed by atoms with Crippen molar-refractivity contribution in [2.75, 3.05) is 5.32 Å². The molecule has 0 bridgehead atoms. The van der Waals surface area contributed by atoms with E-state index in [1.54, 1.807) is 0 Å². The number of nitrogens with zero attached hydrogens (tertiary/aromatic N) is 1. The number of amides is 1. The molecule has 2 N–H and O–H groups in total. The maximum absolute atomic E-state index is 12.1. The third-order valence-electron chi connectivity index (χ3n) is 3.32. The first kappa shape index (κ1) is 12.4. The Hall–Kier alpha value is -2.10. The van der Waals surface area contributed by atoms with E-state index in [-0.39, 0.29) is 5.91 Å². The van der Waals surface area contributed by atoms with Gasteiger partial charge in [0.2, 0.25) is 0 Å². The van der Waals surface area contributed by atoms with Gasteiger partial charge in [-0.05, 0) is 44.9 Å². The fourth-order valence-corrected chi connectivity index (χ4v) is 1.77. The number of nitrogens with one attached hydrogen (secondary N) is 2. The summed E-state index contributed by atoms with van der Waals surface area (Å²) in [6, 6.07) is 5.85. The van der Waals surface area contributed by atoms with Gasteiger partial charge < -0.3 is 5.32 Å². The van der Waals surface area contributed by atoms with Crippen LogP contribution in [0.1, 0.15) is 32.9 Å². The van der Waals surface area contributed by atoms with E-state index in [1.807, 2.05) is 45.9 Å². The normalized spacial score (nSPS) is 10.4. The van der Waals surface area contributed by atoms with Crippen LogP contribution in [-0.2, 0) is 0 Å². The Morgan fingerprint density at radius 1 is 1.17 bits per heavy atom. The maximum Gasteiger partial charge on any atom is 0.276 e. The van der Waals surface area contributed by atoms with Crippen molar-refractivity contribution >= 4 is 11.6 Å². The minimum atomic E-state index is -0.175. The summed E-state index contributed by atoms with van der Waals surface area (Å²) in [5.41, 5.74) is 5.32. The third-order valence-corrected chi connectivity index (χ3v) is 3.32. The Labute approximate surface area is 106 Å². The van der Waals surface area contributed by atoms with Gasteiger partial charge in [-0.2, -0.15) is 5.10 Å². The molecule has 0 saturated carbocycles. The van der Waals surface area contributed by atoms with E-state index < -0.39 is 0 Å². The van der Waals surface area contributed by atoms with Crippen LogP contribution in [0.25, 0.3) is 0 Å². The summed E-state index contributed by atoms with van der Waals surface area (Å²) in [5, 5.41) is 9.75. The SMILES string of the molecule is Cc1cccc(NC(=O)c2n[nH]c(C)c2C)c1C. The molecule has 1 amide bonds. The number of hydrogen-bond acceptors (Lipinski definition) is 2. The Morgan fingerprint density at radius 3 is 2.50 bits per heavy atom. The number of aryl methyl sites for hydroxylation is 2. The highest BCUT2D eigenvalue weighted by Gasteiger charge is 2.15. The number of benzene rings is 1. The van der Waals surface area contributed by atoms with E-state index in [9.17, 15) is 4.79 Å². The highest BCUT2D eigenvalue weighted by Crippen LogP contribution is 2.19. The lowest BCUT2D eigenvalue weighted by Crippen LogP contribution is -2.14. The smallest absolute Gasteiger partial charge is 0.276 e. The molecule has 0 unspecified atom stereocenters. The minimum Gasteiger partial charge on any atom is -0.320 e. The summed E-state index contributed by atoms with van der Waals surface area (Å²) < 4.78 is 0. The molecular weight excluding hydrogens is 226 g/mol. The molecule has 0 aliphatic carbocycles. The second kappa shape index (κ2) is 4.64. The molecule has 0 aliphatic heterocycles. The number of H-pyrrole nitrogens is 1. The van der Waals surface area contributed by atoms with Gasteiger partial charge in [-0.15, -0.1) is 0 Å². The summed E-state index contributed by atoms with van der Waals surface area (Å²) in [4.78, 5) is 12.1. The number of aromatic amines is 1. The first-order valence-electron chi connectivity index (χ1n) is 5.90. The molecule has 2 rings (SSSR count). The fraction of sp³-hybridized carbons (Fsp3) is 0.286. The van der Waals surface area contributed by atoms with Crippen LogP contribution in [0.3, 0.4) is 0 Å². The van der Waals surface area contributed by atoms with Crippen molar-refractivity contribution in [2.24, 2.45) is 0 Å². The molecule has 0 atom stereocenters. The Balaban J connectivity index is 2.27. The molecule has 4 heteroatoms. The Kier molecular flexibility index (Phi) is 3.19. The van der Waals surface area contributed by atoms with Crippen molar-refractivity contribution in [1.82, 2.24) is 10.2 Å². The van der Waals surface area contributed by atoms with Crippen LogP contribution in [0.5, 0.6) is 0 Å². The van der Waals surface area contributed by atoms with Crippen molar-refractivity contribution in [3.8, 4) is 0 Å². The molecular formula is C14H17N3O. The zero-order valence-electron chi connectivity index (χ0n) is 11.1. The van der Waals surface area contributed by atoms with E-state index in [1.165, 1.54) is 0 Å². The van der Waals surface area contributed by atoms with Crippen molar-refractivity contribution in [3.05, 3.63) is 46.3 Å². The summed E-state index contributed by atoms with van der Waals surface area (Å²) >= 11 is 0. The standard InChI is InChI=1S/C14H17N3O/c1-8-6-5-7-12(9(8)2)15-14(18)13-10(3)11(4)16-17-13/h5-7H,1-4H3,(H,15,18)(H,16,17). The number of aromatic nitrogens is 2. The number of hydrogen-bond donors (Lipinski definition) is 2. The van der Waals surface area contributed by atoms with Gasteiger partial charge >= 0.3 is 0 Å². The van der Waals surface area contributed by atoms with Gasteiger partial charge in [0.05, 0.1) is 0 Å². The van der Waals surface area contributed by atoms with Gasteiger partial charge in [-0.3, -0.25) is 9.89 Å². The lowest BCUT2D eigenvalue weighted by molar-refractivity contribution is 0.102. The molecule has 1 heterocycles. The summed E-state index contributed by atoms with van der Waals surface area (Å²) in [7, 11) is 0. The van der Waals surface area contributed by atoms with E-state index in [4.69, 9.17) is 0 Å². The average Bonchev–Trinajstić information content (AvgIpc) is 2.66. The summed E-state index contributed by atoms with van der Waals surface area (Å²) in [5.74, 6) is -0.175. The zero-order valence-corrected chi connectivity index (χ0v) is 11.1. The molecule has 2 aromatic rings. The second-order valence-corrected chi connectivity index (χ2v) is 4.52. The number of anilines is 1. The van der Waals surface area contributed by atoms with Gasteiger partial charge in [0.25, 0.3) is 5.91 Å². The summed E-state index contributed by atoms with van der Waals surface area (Å²) in [6.07, 6.45) is 0. The van der Waals surface area contributed by atoms with Gasteiger partial charge in [-0.25, -0.2) is 0 Å². The number of rotatable bonds is 2. The van der Waals surface area contributed by atoms with E-state index in [2.05, 4.69) is 15.5 Å². The van der Waals surface area contributed by atoms with E-state index in [0.717, 1.165) is 28.1 Å². The summed E-state index contributed by atoms with van der Waals surface area (Å²) in [6.45, 7) is 7.80. The second-order valence-electron chi connectivity index (χ2n) is 4.52. The van der Waals surface area contributed by atoms with Crippen molar-refractivity contribution < 1.29 is 4.79 Å². The van der Waals surface area contributed by atoms with Crippen molar-refractivity contribution in [1.29, 1.82) is 0 Å². The monoisotopic (exact) mass is 243 g/mol. The van der Waals surface area contributed by atoms with Crippen LogP contribution in [0.4, 0.5) is 5.69 Å². The average molecular weight is 243 g/mol. The van der Waals surface area contributed by atoms with Crippen LogP contribution in [0.15, 0.2) is 18.2 Å². The predicted molar refractivity (Wildman–Crippen MR) is 71.9 cm³/mol. The minimum absolute atomic E-state index is 0.175. The molecule has 0 radical (unpaired) electrons.